The van der Waals surface area contributed by atoms with Crippen LogP contribution in [-0.4, -0.2) is 50.1 Å². The number of carbonyl (C=O) groups excluding carboxylic acids is 3. The van der Waals surface area contributed by atoms with Gasteiger partial charge in [-0.3, -0.25) is 9.59 Å². The second-order valence-electron chi connectivity index (χ2n) is 5.50. The summed E-state index contributed by atoms with van der Waals surface area (Å²) in [6, 6.07) is 11.0. The van der Waals surface area contributed by atoms with Crippen LogP contribution in [0.1, 0.15) is 37.8 Å². The molecule has 8 heteroatoms. The number of benzene rings is 1. The first kappa shape index (κ1) is 20.1. The van der Waals surface area contributed by atoms with Gasteiger partial charge in [-0.15, -0.1) is 0 Å². The van der Waals surface area contributed by atoms with E-state index in [1.54, 1.807) is 37.4 Å². The Morgan fingerprint density at radius 2 is 1.67 bits per heavy atom. The van der Waals surface area contributed by atoms with Crippen molar-refractivity contribution in [3.8, 4) is 0 Å². The largest absolute Gasteiger partial charge is 0.465 e. The van der Waals surface area contributed by atoms with E-state index in [4.69, 9.17) is 9.47 Å². The maximum atomic E-state index is 12.5. The summed E-state index contributed by atoms with van der Waals surface area (Å²) in [4.78, 5) is 40.5. The summed E-state index contributed by atoms with van der Waals surface area (Å²) in [6.07, 6.45) is 0.673. The minimum atomic E-state index is -0.567. The highest BCUT2D eigenvalue weighted by Gasteiger charge is 2.16. The number of ether oxygens (including phenoxy) is 2. The van der Waals surface area contributed by atoms with Crippen LogP contribution in [0.3, 0.4) is 0 Å². The fourth-order valence-corrected chi connectivity index (χ4v) is 2.26. The van der Waals surface area contributed by atoms with Crippen LogP contribution in [0.15, 0.2) is 42.5 Å². The molecule has 0 saturated carbocycles. The number of pyridine rings is 1. The average Bonchev–Trinajstić information content (AvgIpc) is 2.71. The van der Waals surface area contributed by atoms with Gasteiger partial charge in [0.1, 0.15) is 11.4 Å². The van der Waals surface area contributed by atoms with Crippen LogP contribution in [0.25, 0.3) is 0 Å². The average molecular weight is 371 g/mol. The first-order valence-electron chi connectivity index (χ1n) is 8.29. The molecule has 0 atom stereocenters. The SMILES string of the molecule is COCCCNC(=O)c1cccc(C(=O)Nc2ccccc2C(=O)OC)n1. The van der Waals surface area contributed by atoms with Gasteiger partial charge in [0.05, 0.1) is 18.4 Å². The summed E-state index contributed by atoms with van der Waals surface area (Å²) in [5.74, 6) is -1.49. The second-order valence-corrected chi connectivity index (χ2v) is 5.50. The van der Waals surface area contributed by atoms with E-state index in [0.29, 0.717) is 25.3 Å². The van der Waals surface area contributed by atoms with Crippen molar-refractivity contribution in [3.05, 3.63) is 59.4 Å². The number of nitrogens with zero attached hydrogens (tertiary/aromatic N) is 1. The zero-order valence-electron chi connectivity index (χ0n) is 15.2. The summed E-state index contributed by atoms with van der Waals surface area (Å²) in [7, 11) is 2.85. The zero-order chi connectivity index (χ0) is 19.6. The lowest BCUT2D eigenvalue weighted by atomic mass is 10.1. The lowest BCUT2D eigenvalue weighted by molar-refractivity contribution is 0.0601. The van der Waals surface area contributed by atoms with Crippen LogP contribution >= 0.6 is 0 Å². The van der Waals surface area contributed by atoms with Crippen LogP contribution in [0.2, 0.25) is 0 Å². The van der Waals surface area contributed by atoms with Gasteiger partial charge in [-0.2, -0.15) is 0 Å². The predicted molar refractivity (Wildman–Crippen MR) is 98.8 cm³/mol. The van der Waals surface area contributed by atoms with Crippen molar-refractivity contribution in [1.82, 2.24) is 10.3 Å². The van der Waals surface area contributed by atoms with Gasteiger partial charge in [0.2, 0.25) is 0 Å². The van der Waals surface area contributed by atoms with Gasteiger partial charge in [-0.25, -0.2) is 9.78 Å². The quantitative estimate of drug-likeness (QED) is 0.542. The standard InChI is InChI=1S/C19H21N3O5/c1-26-12-6-11-20-17(23)15-9-5-10-16(21-15)18(24)22-14-8-4-3-7-13(14)19(25)27-2/h3-5,7-10H,6,11-12H2,1-2H3,(H,20,23)(H,22,24). The molecule has 0 aliphatic heterocycles. The number of rotatable bonds is 8. The minimum absolute atomic E-state index is 0.0548. The molecular weight excluding hydrogens is 350 g/mol. The number of anilines is 1. The molecule has 2 aromatic rings. The molecule has 2 amide bonds. The molecule has 2 N–H and O–H groups in total. The third kappa shape index (κ3) is 5.61. The van der Waals surface area contributed by atoms with Gasteiger partial charge in [0.25, 0.3) is 11.8 Å². The number of para-hydroxylation sites is 1. The maximum Gasteiger partial charge on any atom is 0.339 e. The summed E-state index contributed by atoms with van der Waals surface area (Å²) >= 11 is 0. The first-order chi connectivity index (χ1) is 13.1. The van der Waals surface area contributed by atoms with E-state index >= 15 is 0 Å². The van der Waals surface area contributed by atoms with Crippen molar-refractivity contribution in [2.45, 2.75) is 6.42 Å². The molecule has 0 unspecified atom stereocenters. The number of nitrogens with one attached hydrogen (secondary N) is 2. The number of carbonyl (C=O) groups is 3. The normalized spacial score (nSPS) is 10.1. The number of methoxy groups -OCH3 is 2. The van der Waals surface area contributed by atoms with Crippen molar-refractivity contribution in [1.29, 1.82) is 0 Å². The van der Waals surface area contributed by atoms with Crippen LogP contribution in [0, 0.1) is 0 Å². The highest BCUT2D eigenvalue weighted by molar-refractivity contribution is 6.07. The number of hydrogen-bond acceptors (Lipinski definition) is 6. The van der Waals surface area contributed by atoms with Crippen molar-refractivity contribution in [2.24, 2.45) is 0 Å². The molecule has 142 valence electrons. The Morgan fingerprint density at radius 3 is 2.37 bits per heavy atom. The highest BCUT2D eigenvalue weighted by atomic mass is 16.5. The van der Waals surface area contributed by atoms with Crippen molar-refractivity contribution in [2.75, 3.05) is 32.7 Å². The van der Waals surface area contributed by atoms with Crippen LogP contribution in [0.5, 0.6) is 0 Å². The molecule has 0 spiro atoms. The Hall–Kier alpha value is -3.26. The molecule has 0 bridgehead atoms. The molecule has 1 heterocycles. The Labute approximate surface area is 156 Å². The maximum absolute atomic E-state index is 12.5. The highest BCUT2D eigenvalue weighted by Crippen LogP contribution is 2.17. The predicted octanol–water partition coefficient (Wildman–Crippen LogP) is 1.89. The number of aromatic nitrogens is 1. The summed E-state index contributed by atoms with van der Waals surface area (Å²) in [5.41, 5.74) is 0.700. The van der Waals surface area contributed by atoms with Crippen LogP contribution in [0.4, 0.5) is 5.69 Å². The van der Waals surface area contributed by atoms with Crippen molar-refractivity contribution >= 4 is 23.5 Å². The van der Waals surface area contributed by atoms with Gasteiger partial charge in [-0.1, -0.05) is 18.2 Å². The molecule has 0 aliphatic rings. The molecule has 0 radical (unpaired) electrons. The lowest BCUT2D eigenvalue weighted by Crippen LogP contribution is -2.27. The van der Waals surface area contributed by atoms with Crippen LogP contribution in [-0.2, 0) is 9.47 Å². The molecule has 0 saturated heterocycles. The Morgan fingerprint density at radius 1 is 0.963 bits per heavy atom. The Balaban J connectivity index is 2.10. The second kappa shape index (κ2) is 10.0. The minimum Gasteiger partial charge on any atom is -0.465 e. The molecule has 27 heavy (non-hydrogen) atoms. The van der Waals surface area contributed by atoms with E-state index in [1.807, 2.05) is 0 Å². The van der Waals surface area contributed by atoms with E-state index in [1.165, 1.54) is 19.2 Å². The van der Waals surface area contributed by atoms with Crippen LogP contribution < -0.4 is 10.6 Å². The molecule has 2 rings (SSSR count). The van der Waals surface area contributed by atoms with E-state index in [0.717, 1.165) is 0 Å². The van der Waals surface area contributed by atoms with E-state index in [-0.39, 0.29) is 22.9 Å². The third-order valence-electron chi connectivity index (χ3n) is 3.61. The molecule has 1 aromatic heterocycles. The fourth-order valence-electron chi connectivity index (χ4n) is 2.26. The van der Waals surface area contributed by atoms with Gasteiger partial charge < -0.3 is 20.1 Å². The Kier molecular flexibility index (Phi) is 7.45. The molecule has 1 aromatic carbocycles. The number of esters is 1. The first-order valence-corrected chi connectivity index (χ1v) is 8.29. The lowest BCUT2D eigenvalue weighted by Gasteiger charge is -2.10. The third-order valence-corrected chi connectivity index (χ3v) is 3.61. The summed E-state index contributed by atoms with van der Waals surface area (Å²) < 4.78 is 9.62. The molecule has 0 aliphatic carbocycles. The number of amides is 2. The van der Waals surface area contributed by atoms with Crippen molar-refractivity contribution < 1.29 is 23.9 Å². The monoisotopic (exact) mass is 371 g/mol. The summed E-state index contributed by atoms with van der Waals surface area (Å²) in [6.45, 7) is 0.979. The van der Waals surface area contributed by atoms with E-state index in [2.05, 4.69) is 15.6 Å². The topological polar surface area (TPSA) is 107 Å². The fraction of sp³-hybridized carbons (Fsp3) is 0.263. The molecular formula is C19H21N3O5. The summed E-state index contributed by atoms with van der Waals surface area (Å²) in [5, 5.41) is 5.32. The smallest absolute Gasteiger partial charge is 0.339 e. The number of hydrogen-bond donors (Lipinski definition) is 2. The zero-order valence-corrected chi connectivity index (χ0v) is 15.2. The van der Waals surface area contributed by atoms with E-state index in [9.17, 15) is 14.4 Å². The van der Waals surface area contributed by atoms with Gasteiger partial charge in [-0.05, 0) is 30.7 Å². The molecule has 8 nitrogen and oxygen atoms in total. The van der Waals surface area contributed by atoms with Crippen molar-refractivity contribution in [3.63, 3.8) is 0 Å². The van der Waals surface area contributed by atoms with Gasteiger partial charge in [0.15, 0.2) is 0 Å². The molecule has 0 fully saturated rings. The van der Waals surface area contributed by atoms with Gasteiger partial charge in [0, 0.05) is 20.3 Å². The Bertz CT molecular complexity index is 822. The van der Waals surface area contributed by atoms with Gasteiger partial charge >= 0.3 is 5.97 Å². The van der Waals surface area contributed by atoms with E-state index < -0.39 is 11.9 Å².